The fourth-order valence-corrected chi connectivity index (χ4v) is 3.00. The maximum atomic E-state index is 5.78. The van der Waals surface area contributed by atoms with Crippen LogP contribution in [0.4, 0.5) is 5.13 Å². The smallest absolute Gasteiger partial charge is 0.194 e. The molecule has 0 spiro atoms. The van der Waals surface area contributed by atoms with Crippen LogP contribution in [-0.4, -0.2) is 18.0 Å². The zero-order chi connectivity index (χ0) is 12.5. The van der Waals surface area contributed by atoms with Crippen LogP contribution >= 0.6 is 11.3 Å². The topological polar surface area (TPSA) is 64.9 Å². The van der Waals surface area contributed by atoms with Crippen molar-refractivity contribution in [2.75, 3.05) is 5.73 Å². The fraction of sp³-hybridized carbons (Fsp3) is 0.455. The van der Waals surface area contributed by atoms with Gasteiger partial charge in [-0.3, -0.25) is 0 Å². The molecule has 0 amide bonds. The Labute approximate surface area is 106 Å². The van der Waals surface area contributed by atoms with Crippen molar-refractivity contribution in [3.8, 4) is 0 Å². The van der Waals surface area contributed by atoms with E-state index in [1.807, 2.05) is 12.4 Å². The van der Waals surface area contributed by atoms with Crippen LogP contribution in [0.1, 0.15) is 10.8 Å². The molecule has 2 heterocycles. The van der Waals surface area contributed by atoms with Gasteiger partial charge in [-0.25, -0.2) is 9.97 Å². The maximum absolute atomic E-state index is 5.78. The van der Waals surface area contributed by atoms with Crippen molar-refractivity contribution in [2.45, 2.75) is 32.5 Å². The van der Waals surface area contributed by atoms with Gasteiger partial charge in [0.1, 0.15) is 13.5 Å². The van der Waals surface area contributed by atoms with Crippen molar-refractivity contribution in [1.29, 1.82) is 0 Å². The highest BCUT2D eigenvalue weighted by atomic mass is 32.1. The van der Waals surface area contributed by atoms with Crippen LogP contribution in [0.2, 0.25) is 19.6 Å². The Kier molecular flexibility index (Phi) is 3.35. The quantitative estimate of drug-likeness (QED) is 0.861. The van der Waals surface area contributed by atoms with Crippen LogP contribution in [0.3, 0.4) is 0 Å². The molecule has 2 N–H and O–H groups in total. The summed E-state index contributed by atoms with van der Waals surface area (Å²) in [4.78, 5) is 9.53. The van der Waals surface area contributed by atoms with Gasteiger partial charge in [0.25, 0.3) is 0 Å². The average molecular weight is 267 g/mol. The Hall–Kier alpha value is -1.14. The molecular weight excluding hydrogens is 250 g/mol. The van der Waals surface area contributed by atoms with Crippen molar-refractivity contribution >= 4 is 29.9 Å². The maximum Gasteiger partial charge on any atom is 0.194 e. The van der Waals surface area contributed by atoms with Gasteiger partial charge in [0.2, 0.25) is 0 Å². The predicted octanol–water partition coefficient (Wildman–Crippen LogP) is 2.04. The molecule has 0 unspecified atom stereocenters. The van der Waals surface area contributed by atoms with Gasteiger partial charge in [0.05, 0.1) is 6.20 Å². The monoisotopic (exact) mass is 267 g/mol. The van der Waals surface area contributed by atoms with Gasteiger partial charge in [-0.2, -0.15) is 0 Å². The molecule has 0 aliphatic carbocycles. The summed E-state index contributed by atoms with van der Waals surface area (Å²) in [6.45, 7) is 6.75. The minimum absolute atomic E-state index is 0.621. The van der Waals surface area contributed by atoms with Crippen molar-refractivity contribution in [3.63, 3.8) is 0 Å². The van der Waals surface area contributed by atoms with E-state index in [-0.39, 0.29) is 0 Å². The number of aryl methyl sites for hydroxylation is 2. The molecule has 2 rings (SSSR count). The van der Waals surface area contributed by atoms with Crippen LogP contribution in [0.15, 0.2) is 16.8 Å². The molecular formula is C11H17N3OSSi. The van der Waals surface area contributed by atoms with E-state index < -0.39 is 8.07 Å². The van der Waals surface area contributed by atoms with E-state index in [9.17, 15) is 0 Å². The van der Waals surface area contributed by atoms with E-state index in [4.69, 9.17) is 10.2 Å². The first-order valence-corrected chi connectivity index (χ1v) is 9.92. The Balaban J connectivity index is 1.98. The zero-order valence-electron chi connectivity index (χ0n) is 10.4. The van der Waals surface area contributed by atoms with Crippen LogP contribution < -0.4 is 11.1 Å². The largest absolute Gasteiger partial charge is 0.451 e. The molecule has 92 valence electrons. The first-order valence-electron chi connectivity index (χ1n) is 5.60. The molecule has 0 radical (unpaired) electrons. The number of nitrogen functional groups attached to an aromatic ring is 1. The lowest BCUT2D eigenvalue weighted by atomic mass is 10.3. The van der Waals surface area contributed by atoms with Crippen LogP contribution in [0, 0.1) is 0 Å². The lowest BCUT2D eigenvalue weighted by molar-refractivity contribution is 0.516. The second-order valence-corrected chi connectivity index (χ2v) is 11.2. The highest BCUT2D eigenvalue weighted by Gasteiger charge is 2.21. The van der Waals surface area contributed by atoms with Gasteiger partial charge in [0, 0.05) is 17.5 Å². The van der Waals surface area contributed by atoms with E-state index in [1.54, 1.807) is 0 Å². The molecule has 0 aliphatic heterocycles. The summed E-state index contributed by atoms with van der Waals surface area (Å²) in [5.41, 5.74) is 5.58. The summed E-state index contributed by atoms with van der Waals surface area (Å²) in [6.07, 6.45) is 5.40. The predicted molar refractivity (Wildman–Crippen MR) is 73.4 cm³/mol. The lowest BCUT2D eigenvalue weighted by Gasteiger charge is -2.09. The zero-order valence-corrected chi connectivity index (χ0v) is 12.2. The summed E-state index contributed by atoms with van der Waals surface area (Å²) in [5, 5.41) is 1.69. The Morgan fingerprint density at radius 2 is 2.00 bits per heavy atom. The number of rotatable bonds is 4. The molecule has 0 aromatic carbocycles. The molecule has 4 nitrogen and oxygen atoms in total. The normalized spacial score (nSPS) is 11.9. The molecule has 6 heteroatoms. The number of hydrogen-bond donors (Lipinski definition) is 1. The molecule has 0 aliphatic rings. The summed E-state index contributed by atoms with van der Waals surface area (Å²) in [7, 11) is -1.38. The molecule has 2 aromatic rings. The van der Waals surface area contributed by atoms with Crippen molar-refractivity contribution in [3.05, 3.63) is 23.2 Å². The van der Waals surface area contributed by atoms with E-state index in [0.29, 0.717) is 5.13 Å². The first-order chi connectivity index (χ1) is 7.95. The molecule has 0 atom stereocenters. The molecule has 0 fully saturated rings. The Bertz CT molecular complexity index is 501. The number of nitrogens with two attached hydrogens (primary N) is 1. The number of aromatic nitrogens is 2. The molecule has 2 aromatic heterocycles. The third kappa shape index (κ3) is 3.16. The SMILES string of the molecule is C[Si](C)(C)c1cnc(CCc2cnc(N)s2)o1. The molecule has 0 saturated carbocycles. The Morgan fingerprint density at radius 1 is 1.24 bits per heavy atom. The van der Waals surface area contributed by atoms with Gasteiger partial charge < -0.3 is 10.2 Å². The summed E-state index contributed by atoms with van der Waals surface area (Å²) < 4.78 is 5.78. The van der Waals surface area contributed by atoms with E-state index >= 15 is 0 Å². The van der Waals surface area contributed by atoms with Gasteiger partial charge >= 0.3 is 0 Å². The summed E-state index contributed by atoms with van der Waals surface area (Å²) in [6, 6.07) is 0. The first kappa shape index (κ1) is 12.3. The van der Waals surface area contributed by atoms with E-state index in [2.05, 4.69) is 29.6 Å². The number of nitrogens with zero attached hydrogens (tertiary/aromatic N) is 2. The average Bonchev–Trinajstić information content (AvgIpc) is 2.82. The fourth-order valence-electron chi connectivity index (χ4n) is 1.44. The summed E-state index contributed by atoms with van der Waals surface area (Å²) in [5.74, 6) is 0.814. The second-order valence-electron chi connectivity index (χ2n) is 5.03. The molecule has 0 bridgehead atoms. The number of anilines is 1. The molecule has 17 heavy (non-hydrogen) atoms. The highest BCUT2D eigenvalue weighted by molar-refractivity contribution is 7.15. The van der Waals surface area contributed by atoms with Gasteiger partial charge in [0.15, 0.2) is 11.0 Å². The van der Waals surface area contributed by atoms with Gasteiger partial charge in [-0.15, -0.1) is 11.3 Å². The van der Waals surface area contributed by atoms with Crippen LogP contribution in [0.5, 0.6) is 0 Å². The summed E-state index contributed by atoms with van der Waals surface area (Å²) >= 11 is 1.53. The van der Waals surface area contributed by atoms with Gasteiger partial charge in [-0.05, 0) is 6.42 Å². The van der Waals surface area contributed by atoms with Gasteiger partial charge in [-0.1, -0.05) is 19.6 Å². The van der Waals surface area contributed by atoms with Crippen LogP contribution in [-0.2, 0) is 12.8 Å². The van der Waals surface area contributed by atoms with E-state index in [0.717, 1.165) is 24.1 Å². The third-order valence-electron chi connectivity index (χ3n) is 2.45. The van der Waals surface area contributed by atoms with Crippen LogP contribution in [0.25, 0.3) is 0 Å². The second kappa shape index (κ2) is 4.62. The number of thiazole rings is 1. The van der Waals surface area contributed by atoms with Crippen molar-refractivity contribution in [1.82, 2.24) is 9.97 Å². The highest BCUT2D eigenvalue weighted by Crippen LogP contribution is 2.16. The number of hydrogen-bond acceptors (Lipinski definition) is 5. The van der Waals surface area contributed by atoms with Crippen molar-refractivity contribution in [2.24, 2.45) is 0 Å². The molecule has 0 saturated heterocycles. The third-order valence-corrected chi connectivity index (χ3v) is 5.05. The minimum Gasteiger partial charge on any atom is -0.451 e. The number of oxazole rings is 1. The Morgan fingerprint density at radius 3 is 2.53 bits per heavy atom. The van der Waals surface area contributed by atoms with E-state index in [1.165, 1.54) is 16.2 Å². The van der Waals surface area contributed by atoms with Crippen molar-refractivity contribution < 1.29 is 4.42 Å². The standard InChI is InChI=1S/C11H17N3OSSi/c1-17(2,3)10-7-13-9(15-10)5-4-8-6-14-11(12)16-8/h6-7H,4-5H2,1-3H3,(H2,12,14). The lowest BCUT2D eigenvalue weighted by Crippen LogP contribution is -2.36. The minimum atomic E-state index is -1.38.